The van der Waals surface area contributed by atoms with Gasteiger partial charge in [0.25, 0.3) is 5.91 Å². The van der Waals surface area contributed by atoms with Crippen LogP contribution in [-0.2, 0) is 9.53 Å². The molecule has 2 amide bonds. The SMILES string of the molecule is Cc1nc(NC(=O)OCC2c3ccccc3-c3ccccc32)sc1C(=O)N1CCC(C)(C(=O)O)C1. The number of aryl methyl sites for hydroxylation is 1. The van der Waals surface area contributed by atoms with Crippen LogP contribution >= 0.6 is 11.3 Å². The number of aliphatic carboxylic acids is 1. The van der Waals surface area contributed by atoms with Crippen LogP contribution in [0.15, 0.2) is 48.5 Å². The summed E-state index contributed by atoms with van der Waals surface area (Å²) in [5.74, 6) is -1.24. The van der Waals surface area contributed by atoms with Crippen molar-refractivity contribution in [2.75, 3.05) is 25.0 Å². The Morgan fingerprint density at radius 3 is 2.37 bits per heavy atom. The van der Waals surface area contributed by atoms with E-state index in [0.29, 0.717) is 23.5 Å². The average molecular weight is 492 g/mol. The molecular formula is C26H25N3O5S. The molecule has 3 aromatic rings. The number of hydrogen-bond acceptors (Lipinski definition) is 6. The van der Waals surface area contributed by atoms with E-state index in [1.165, 1.54) is 4.90 Å². The van der Waals surface area contributed by atoms with Gasteiger partial charge in [0.05, 0.1) is 11.1 Å². The van der Waals surface area contributed by atoms with Crippen molar-refractivity contribution in [1.82, 2.24) is 9.88 Å². The van der Waals surface area contributed by atoms with Crippen LogP contribution in [0.1, 0.15) is 45.8 Å². The minimum Gasteiger partial charge on any atom is -0.481 e. The molecule has 1 atom stereocenters. The zero-order valence-corrected chi connectivity index (χ0v) is 20.2. The zero-order chi connectivity index (χ0) is 24.7. The summed E-state index contributed by atoms with van der Waals surface area (Å²) in [5.41, 5.74) is 4.08. The fourth-order valence-corrected chi connectivity index (χ4v) is 5.74. The summed E-state index contributed by atoms with van der Waals surface area (Å²) in [6.07, 6.45) is -0.240. The molecule has 0 spiro atoms. The smallest absolute Gasteiger partial charge is 0.413 e. The number of anilines is 1. The number of nitrogens with zero attached hydrogens (tertiary/aromatic N) is 2. The lowest BCUT2D eigenvalue weighted by atomic mass is 9.90. The summed E-state index contributed by atoms with van der Waals surface area (Å²) in [7, 11) is 0. The molecule has 5 rings (SSSR count). The second-order valence-corrected chi connectivity index (χ2v) is 10.2. The zero-order valence-electron chi connectivity index (χ0n) is 19.4. The van der Waals surface area contributed by atoms with Crippen molar-refractivity contribution < 1.29 is 24.2 Å². The third-order valence-corrected chi connectivity index (χ3v) is 7.88. The maximum absolute atomic E-state index is 13.0. The largest absolute Gasteiger partial charge is 0.481 e. The summed E-state index contributed by atoms with van der Waals surface area (Å²) in [6, 6.07) is 16.2. The molecule has 180 valence electrons. The van der Waals surface area contributed by atoms with Crippen LogP contribution in [0.2, 0.25) is 0 Å². The number of nitrogens with one attached hydrogen (secondary N) is 1. The van der Waals surface area contributed by atoms with Crippen molar-refractivity contribution >= 4 is 34.4 Å². The molecule has 1 saturated heterocycles. The number of aromatic nitrogens is 1. The predicted octanol–water partition coefficient (Wildman–Crippen LogP) is 4.75. The van der Waals surface area contributed by atoms with Crippen molar-refractivity contribution in [3.63, 3.8) is 0 Å². The Hall–Kier alpha value is -3.72. The van der Waals surface area contributed by atoms with Gasteiger partial charge in [0.2, 0.25) is 0 Å². The predicted molar refractivity (Wildman–Crippen MR) is 132 cm³/mol. The number of carboxylic acids is 1. The first kappa shape index (κ1) is 23.0. The van der Waals surface area contributed by atoms with E-state index in [2.05, 4.69) is 34.6 Å². The molecule has 1 aliphatic carbocycles. The second-order valence-electron chi connectivity index (χ2n) is 9.23. The third kappa shape index (κ3) is 4.16. The van der Waals surface area contributed by atoms with E-state index < -0.39 is 17.5 Å². The van der Waals surface area contributed by atoms with E-state index in [4.69, 9.17) is 4.74 Å². The van der Waals surface area contributed by atoms with Gasteiger partial charge in [0.15, 0.2) is 5.13 Å². The van der Waals surface area contributed by atoms with Crippen molar-refractivity contribution in [2.24, 2.45) is 5.41 Å². The van der Waals surface area contributed by atoms with Crippen LogP contribution in [0.3, 0.4) is 0 Å². The molecule has 9 heteroatoms. The normalized spacial score (nSPS) is 18.7. The molecule has 1 unspecified atom stereocenters. The van der Waals surface area contributed by atoms with Crippen molar-refractivity contribution in [3.05, 3.63) is 70.2 Å². The number of likely N-dealkylation sites (tertiary alicyclic amines) is 1. The highest BCUT2D eigenvalue weighted by Gasteiger charge is 2.43. The van der Waals surface area contributed by atoms with Gasteiger partial charge in [-0.25, -0.2) is 9.78 Å². The molecule has 0 bridgehead atoms. The Morgan fingerprint density at radius 2 is 1.77 bits per heavy atom. The summed E-state index contributed by atoms with van der Waals surface area (Å²) in [4.78, 5) is 43.3. The molecular weight excluding hydrogens is 466 g/mol. The van der Waals surface area contributed by atoms with Gasteiger partial charge in [-0.15, -0.1) is 0 Å². The molecule has 1 fully saturated rings. The number of rotatable bonds is 5. The number of fused-ring (bicyclic) bond motifs is 3. The van der Waals surface area contributed by atoms with Crippen molar-refractivity contribution in [3.8, 4) is 11.1 Å². The number of benzene rings is 2. The fraction of sp³-hybridized carbons (Fsp3) is 0.308. The number of hydrogen-bond donors (Lipinski definition) is 2. The molecule has 0 saturated carbocycles. The van der Waals surface area contributed by atoms with Gasteiger partial charge < -0.3 is 14.7 Å². The molecule has 2 aliphatic rings. The monoisotopic (exact) mass is 491 g/mol. The van der Waals surface area contributed by atoms with Crippen molar-refractivity contribution in [1.29, 1.82) is 0 Å². The van der Waals surface area contributed by atoms with Crippen LogP contribution in [0, 0.1) is 12.3 Å². The van der Waals surface area contributed by atoms with Gasteiger partial charge in [-0.05, 0) is 42.5 Å². The summed E-state index contributed by atoms with van der Waals surface area (Å²) < 4.78 is 5.56. The first-order valence-corrected chi connectivity index (χ1v) is 12.2. The van der Waals surface area contributed by atoms with Gasteiger partial charge >= 0.3 is 12.1 Å². The summed E-state index contributed by atoms with van der Waals surface area (Å²) >= 11 is 1.06. The van der Waals surface area contributed by atoms with Gasteiger partial charge in [-0.1, -0.05) is 59.9 Å². The molecule has 8 nitrogen and oxygen atoms in total. The maximum Gasteiger partial charge on any atom is 0.413 e. The summed E-state index contributed by atoms with van der Waals surface area (Å²) in [5, 5.41) is 12.3. The average Bonchev–Trinajstić information content (AvgIpc) is 3.51. The molecule has 0 radical (unpaired) electrons. The Labute approximate surface area is 206 Å². The van der Waals surface area contributed by atoms with Crippen LogP contribution < -0.4 is 5.32 Å². The Balaban J connectivity index is 1.24. The highest BCUT2D eigenvalue weighted by atomic mass is 32.1. The van der Waals surface area contributed by atoms with Gasteiger partial charge in [0, 0.05) is 19.0 Å². The fourth-order valence-electron chi connectivity index (χ4n) is 4.82. The van der Waals surface area contributed by atoms with Gasteiger partial charge in [-0.3, -0.25) is 14.9 Å². The number of carbonyl (C=O) groups is 3. The topological polar surface area (TPSA) is 109 Å². The standard InChI is InChI=1S/C26H25N3O5S/c1-15-21(22(30)29-12-11-26(2,14-29)23(31)32)35-24(27-15)28-25(33)34-13-20-18-9-5-3-7-16(18)17-8-4-6-10-19(17)20/h3-10,20H,11-14H2,1-2H3,(H,31,32)(H,27,28,33). The van der Waals surface area contributed by atoms with E-state index in [0.717, 1.165) is 33.6 Å². The van der Waals surface area contributed by atoms with E-state index in [1.54, 1.807) is 13.8 Å². The van der Waals surface area contributed by atoms with Gasteiger partial charge in [0.1, 0.15) is 11.5 Å². The first-order valence-electron chi connectivity index (χ1n) is 11.4. The molecule has 2 aromatic carbocycles. The first-order chi connectivity index (χ1) is 16.8. The minimum atomic E-state index is -0.948. The lowest BCUT2D eigenvalue weighted by Gasteiger charge is -2.19. The number of amides is 2. The van der Waals surface area contributed by atoms with Crippen molar-refractivity contribution in [2.45, 2.75) is 26.2 Å². The molecule has 2 heterocycles. The summed E-state index contributed by atoms with van der Waals surface area (Å²) in [6.45, 7) is 4.03. The number of thiazole rings is 1. The van der Waals surface area contributed by atoms with E-state index in [9.17, 15) is 19.5 Å². The number of carbonyl (C=O) groups excluding carboxylic acids is 2. The Kier molecular flexibility index (Phi) is 5.80. The molecule has 1 aliphatic heterocycles. The highest BCUT2D eigenvalue weighted by molar-refractivity contribution is 7.17. The Bertz CT molecular complexity index is 1290. The number of carboxylic acid groups (broad SMARTS) is 1. The van der Waals surface area contributed by atoms with Crippen LogP contribution in [0.25, 0.3) is 11.1 Å². The van der Waals surface area contributed by atoms with E-state index in [-0.39, 0.29) is 30.1 Å². The molecule has 1 aromatic heterocycles. The quantitative estimate of drug-likeness (QED) is 0.533. The maximum atomic E-state index is 13.0. The molecule has 2 N–H and O–H groups in total. The van der Waals surface area contributed by atoms with Gasteiger partial charge in [-0.2, -0.15) is 0 Å². The third-order valence-electron chi connectivity index (χ3n) is 6.82. The number of ether oxygens (including phenoxy) is 1. The van der Waals surface area contributed by atoms with Crippen LogP contribution in [-0.4, -0.2) is 52.7 Å². The molecule has 35 heavy (non-hydrogen) atoms. The van der Waals surface area contributed by atoms with E-state index in [1.807, 2.05) is 24.3 Å². The highest BCUT2D eigenvalue weighted by Crippen LogP contribution is 2.44. The van der Waals surface area contributed by atoms with Crippen LogP contribution in [0.5, 0.6) is 0 Å². The lowest BCUT2D eigenvalue weighted by molar-refractivity contribution is -0.147. The van der Waals surface area contributed by atoms with Crippen LogP contribution in [0.4, 0.5) is 9.93 Å². The minimum absolute atomic E-state index is 0.0537. The lowest BCUT2D eigenvalue weighted by Crippen LogP contribution is -2.34. The second kappa shape index (κ2) is 8.81. The Morgan fingerprint density at radius 1 is 1.14 bits per heavy atom. The van der Waals surface area contributed by atoms with E-state index >= 15 is 0 Å².